The van der Waals surface area contributed by atoms with Crippen LogP contribution in [-0.2, 0) is 6.18 Å². The number of hydrogen-bond acceptors (Lipinski definition) is 4. The summed E-state index contributed by atoms with van der Waals surface area (Å²) in [5, 5.41) is 2.24. The molecule has 1 aromatic heterocycles. The number of alkyl halides is 3. The number of hydrogen-bond donors (Lipinski definition) is 1. The van der Waals surface area contributed by atoms with E-state index in [4.69, 9.17) is 11.6 Å². The first kappa shape index (κ1) is 16.8. The highest BCUT2D eigenvalue weighted by Gasteiger charge is 2.34. The highest BCUT2D eigenvalue weighted by atomic mass is 35.5. The summed E-state index contributed by atoms with van der Waals surface area (Å²) in [6.45, 7) is 2.09. The molecule has 0 atom stereocenters. The van der Waals surface area contributed by atoms with Gasteiger partial charge in [0, 0.05) is 30.7 Å². The van der Waals surface area contributed by atoms with Crippen LogP contribution < -0.4 is 10.2 Å². The van der Waals surface area contributed by atoms with Crippen molar-refractivity contribution in [2.45, 2.75) is 25.4 Å². The summed E-state index contributed by atoms with van der Waals surface area (Å²) in [5.74, 6) is 0.0266. The molecule has 1 aromatic carbocycles. The largest absolute Gasteiger partial charge is 0.420 e. The number of rotatable bonds is 3. The van der Waals surface area contributed by atoms with E-state index in [-0.39, 0.29) is 5.95 Å². The highest BCUT2D eigenvalue weighted by Crippen LogP contribution is 2.33. The lowest BCUT2D eigenvalue weighted by Crippen LogP contribution is -2.29. The van der Waals surface area contributed by atoms with E-state index in [0.29, 0.717) is 11.9 Å². The second-order valence-electron chi connectivity index (χ2n) is 5.62. The number of nitrogens with one attached hydrogen (secondary N) is 1. The van der Waals surface area contributed by atoms with Gasteiger partial charge in [-0.25, -0.2) is 9.97 Å². The lowest BCUT2D eigenvalue weighted by Gasteiger charge is -2.28. The zero-order valence-corrected chi connectivity index (χ0v) is 13.5. The lowest BCUT2D eigenvalue weighted by molar-refractivity contribution is -0.137. The van der Waals surface area contributed by atoms with Gasteiger partial charge in [0.05, 0.1) is 0 Å². The first-order valence-electron chi connectivity index (χ1n) is 7.65. The number of piperidine rings is 1. The van der Waals surface area contributed by atoms with Crippen molar-refractivity contribution in [1.29, 1.82) is 0 Å². The summed E-state index contributed by atoms with van der Waals surface area (Å²) in [6.07, 6.45) is -0.233. The summed E-state index contributed by atoms with van der Waals surface area (Å²) in [7, 11) is 0. The van der Waals surface area contributed by atoms with Crippen molar-refractivity contribution in [2.75, 3.05) is 23.3 Å². The second-order valence-corrected chi connectivity index (χ2v) is 5.97. The summed E-state index contributed by atoms with van der Waals surface area (Å²) in [6, 6.07) is 7.64. The third kappa shape index (κ3) is 3.90. The van der Waals surface area contributed by atoms with Gasteiger partial charge in [-0.3, -0.25) is 0 Å². The van der Waals surface area contributed by atoms with Crippen LogP contribution >= 0.6 is 11.6 Å². The molecule has 0 aliphatic carbocycles. The first-order valence-corrected chi connectivity index (χ1v) is 8.03. The standard InChI is InChI=1S/C16H16ClF3N4/c17-14-13(16(18,19)20)10-21-15(23-14)22-11-4-6-12(7-5-11)24-8-2-1-3-9-24/h4-7,10H,1-3,8-9H2,(H,21,22,23). The Morgan fingerprint density at radius 3 is 2.29 bits per heavy atom. The maximum atomic E-state index is 12.6. The number of nitrogens with zero attached hydrogens (tertiary/aromatic N) is 3. The van der Waals surface area contributed by atoms with Gasteiger partial charge in [-0.15, -0.1) is 0 Å². The summed E-state index contributed by atoms with van der Waals surface area (Å²) in [5.41, 5.74) is 0.772. The molecule has 2 heterocycles. The summed E-state index contributed by atoms with van der Waals surface area (Å²) < 4.78 is 37.9. The van der Waals surface area contributed by atoms with Crippen LogP contribution in [0.1, 0.15) is 24.8 Å². The number of benzene rings is 1. The van der Waals surface area contributed by atoms with Crippen LogP contribution in [0, 0.1) is 0 Å². The molecule has 0 spiro atoms. The highest BCUT2D eigenvalue weighted by molar-refractivity contribution is 6.30. The number of halogens is 4. The molecule has 1 aliphatic heterocycles. The van der Waals surface area contributed by atoms with Crippen LogP contribution in [-0.4, -0.2) is 23.1 Å². The fraction of sp³-hybridized carbons (Fsp3) is 0.375. The molecule has 0 amide bonds. The fourth-order valence-electron chi connectivity index (χ4n) is 2.65. The Labute approximate surface area is 142 Å². The van der Waals surface area contributed by atoms with E-state index in [0.717, 1.165) is 18.8 Å². The normalized spacial score (nSPS) is 15.4. The van der Waals surface area contributed by atoms with E-state index >= 15 is 0 Å². The van der Waals surface area contributed by atoms with Gasteiger partial charge in [-0.05, 0) is 43.5 Å². The van der Waals surface area contributed by atoms with Gasteiger partial charge in [0.2, 0.25) is 5.95 Å². The van der Waals surface area contributed by atoms with Gasteiger partial charge in [-0.2, -0.15) is 13.2 Å². The van der Waals surface area contributed by atoms with E-state index in [1.165, 1.54) is 19.3 Å². The molecule has 0 unspecified atom stereocenters. The van der Waals surface area contributed by atoms with Crippen molar-refractivity contribution in [3.63, 3.8) is 0 Å². The maximum absolute atomic E-state index is 12.6. The monoisotopic (exact) mass is 356 g/mol. The van der Waals surface area contributed by atoms with Gasteiger partial charge in [0.1, 0.15) is 10.7 Å². The predicted octanol–water partition coefficient (Wildman–Crippen LogP) is 4.88. The van der Waals surface area contributed by atoms with Crippen LogP contribution in [0.15, 0.2) is 30.5 Å². The van der Waals surface area contributed by atoms with Gasteiger partial charge >= 0.3 is 6.18 Å². The molecule has 1 aliphatic rings. The Balaban J connectivity index is 1.71. The average molecular weight is 357 g/mol. The molecule has 2 aromatic rings. The smallest absolute Gasteiger partial charge is 0.372 e. The Kier molecular flexibility index (Phi) is 4.80. The van der Waals surface area contributed by atoms with Crippen LogP contribution in [0.4, 0.5) is 30.5 Å². The molecule has 128 valence electrons. The third-order valence-corrected chi connectivity index (χ3v) is 4.18. The Morgan fingerprint density at radius 1 is 1.04 bits per heavy atom. The average Bonchev–Trinajstić information content (AvgIpc) is 2.55. The quantitative estimate of drug-likeness (QED) is 0.795. The molecule has 0 bridgehead atoms. The van der Waals surface area contributed by atoms with E-state index in [2.05, 4.69) is 20.2 Å². The Morgan fingerprint density at radius 2 is 1.71 bits per heavy atom. The Hall–Kier alpha value is -2.02. The SMILES string of the molecule is FC(F)(F)c1cnc(Nc2ccc(N3CCCCC3)cc2)nc1Cl. The van der Waals surface area contributed by atoms with Crippen molar-refractivity contribution >= 4 is 28.9 Å². The minimum absolute atomic E-state index is 0.0266. The Bertz CT molecular complexity index is 697. The van der Waals surface area contributed by atoms with Crippen molar-refractivity contribution in [1.82, 2.24) is 9.97 Å². The molecule has 3 rings (SSSR count). The van der Waals surface area contributed by atoms with Gasteiger partial charge in [0.15, 0.2) is 0 Å². The van der Waals surface area contributed by atoms with Crippen LogP contribution in [0.25, 0.3) is 0 Å². The van der Waals surface area contributed by atoms with Gasteiger partial charge < -0.3 is 10.2 Å². The molecular weight excluding hydrogens is 341 g/mol. The van der Waals surface area contributed by atoms with E-state index < -0.39 is 16.9 Å². The summed E-state index contributed by atoms with van der Waals surface area (Å²) >= 11 is 5.59. The first-order chi connectivity index (χ1) is 11.4. The molecule has 0 radical (unpaired) electrons. The third-order valence-electron chi connectivity index (χ3n) is 3.89. The minimum atomic E-state index is -4.56. The molecule has 1 saturated heterocycles. The molecular formula is C16H16ClF3N4. The van der Waals surface area contributed by atoms with E-state index in [1.54, 1.807) is 0 Å². The van der Waals surface area contributed by atoms with Crippen molar-refractivity contribution in [3.05, 3.63) is 41.2 Å². The number of anilines is 3. The van der Waals surface area contributed by atoms with Crippen molar-refractivity contribution in [2.24, 2.45) is 0 Å². The van der Waals surface area contributed by atoms with Crippen LogP contribution in [0.2, 0.25) is 5.15 Å². The molecule has 1 N–H and O–H groups in total. The number of aromatic nitrogens is 2. The maximum Gasteiger partial charge on any atom is 0.420 e. The van der Waals surface area contributed by atoms with Gasteiger partial charge in [-0.1, -0.05) is 11.6 Å². The van der Waals surface area contributed by atoms with E-state index in [1.807, 2.05) is 24.3 Å². The topological polar surface area (TPSA) is 41.1 Å². The predicted molar refractivity (Wildman–Crippen MR) is 87.8 cm³/mol. The fourth-order valence-corrected chi connectivity index (χ4v) is 2.88. The molecule has 24 heavy (non-hydrogen) atoms. The van der Waals surface area contributed by atoms with Gasteiger partial charge in [0.25, 0.3) is 0 Å². The second kappa shape index (κ2) is 6.84. The minimum Gasteiger partial charge on any atom is -0.372 e. The summed E-state index contributed by atoms with van der Waals surface area (Å²) in [4.78, 5) is 9.65. The molecule has 1 fully saturated rings. The van der Waals surface area contributed by atoms with Crippen LogP contribution in [0.5, 0.6) is 0 Å². The molecule has 0 saturated carbocycles. The lowest BCUT2D eigenvalue weighted by atomic mass is 10.1. The van der Waals surface area contributed by atoms with Crippen LogP contribution in [0.3, 0.4) is 0 Å². The van der Waals surface area contributed by atoms with Crippen molar-refractivity contribution < 1.29 is 13.2 Å². The molecule has 8 heteroatoms. The zero-order chi connectivity index (χ0) is 17.2. The molecule has 4 nitrogen and oxygen atoms in total. The van der Waals surface area contributed by atoms with E-state index in [9.17, 15) is 13.2 Å². The van der Waals surface area contributed by atoms with Crippen molar-refractivity contribution in [3.8, 4) is 0 Å². The zero-order valence-electron chi connectivity index (χ0n) is 12.8.